The predicted octanol–water partition coefficient (Wildman–Crippen LogP) is 2.09. The fourth-order valence-corrected chi connectivity index (χ4v) is 4.47. The van der Waals surface area contributed by atoms with Crippen LogP contribution in [0.3, 0.4) is 0 Å². The number of aromatic nitrogens is 5. The molecule has 0 saturated carbocycles. The van der Waals surface area contributed by atoms with E-state index >= 15 is 0 Å². The minimum Gasteiger partial charge on any atom is -0.365 e. The molecule has 0 aromatic carbocycles. The fraction of sp³-hybridized carbons (Fsp3) is 0.200. The third-order valence-corrected chi connectivity index (χ3v) is 6.19. The molecular formula is C25H23N7O3. The zero-order valence-electron chi connectivity index (χ0n) is 18.9. The lowest BCUT2D eigenvalue weighted by Crippen LogP contribution is -2.40. The Balaban J connectivity index is 1.60. The number of nitrogens with zero attached hydrogens (tertiary/aromatic N) is 6. The minimum atomic E-state index is -0.600. The van der Waals surface area contributed by atoms with Crippen LogP contribution in [0.2, 0.25) is 0 Å². The van der Waals surface area contributed by atoms with Gasteiger partial charge in [0.25, 0.3) is 5.91 Å². The summed E-state index contributed by atoms with van der Waals surface area (Å²) in [6.45, 7) is 4.69. The van der Waals surface area contributed by atoms with E-state index in [1.807, 2.05) is 12.1 Å². The molecule has 0 unspecified atom stereocenters. The Bertz CT molecular complexity index is 1480. The van der Waals surface area contributed by atoms with E-state index in [-0.39, 0.29) is 22.9 Å². The van der Waals surface area contributed by atoms with E-state index in [9.17, 15) is 14.4 Å². The SMILES string of the molecule is C=CC(=O)N1CCC[C@@H](n2nc(-c3ccc(-n4ccc(=O)cc4)nc3)c3cncc(C(N)=O)c32)C1. The lowest BCUT2D eigenvalue weighted by Gasteiger charge is -2.32. The van der Waals surface area contributed by atoms with E-state index in [1.54, 1.807) is 38.9 Å². The second-order valence-electron chi connectivity index (χ2n) is 8.37. The highest BCUT2D eigenvalue weighted by atomic mass is 16.2. The summed E-state index contributed by atoms with van der Waals surface area (Å²) >= 11 is 0. The number of pyridine rings is 3. The first kappa shape index (κ1) is 22.2. The molecule has 35 heavy (non-hydrogen) atoms. The molecule has 0 radical (unpaired) electrons. The number of fused-ring (bicyclic) bond motifs is 1. The average molecular weight is 470 g/mol. The van der Waals surface area contributed by atoms with Crippen molar-refractivity contribution in [2.24, 2.45) is 5.73 Å². The van der Waals surface area contributed by atoms with Crippen molar-refractivity contribution in [3.05, 3.63) is 83.7 Å². The summed E-state index contributed by atoms with van der Waals surface area (Å²) in [5, 5.41) is 5.55. The molecule has 5 rings (SSSR count). The molecule has 1 fully saturated rings. The molecule has 0 bridgehead atoms. The number of piperidine rings is 1. The molecule has 0 spiro atoms. The van der Waals surface area contributed by atoms with Gasteiger partial charge in [0.05, 0.1) is 17.1 Å². The molecule has 2 amide bonds. The van der Waals surface area contributed by atoms with Crippen molar-refractivity contribution in [1.82, 2.24) is 29.2 Å². The van der Waals surface area contributed by atoms with Crippen molar-refractivity contribution in [3.63, 3.8) is 0 Å². The quantitative estimate of drug-likeness (QED) is 0.446. The lowest BCUT2D eigenvalue weighted by atomic mass is 10.0. The fourth-order valence-electron chi connectivity index (χ4n) is 4.47. The molecule has 4 aromatic heterocycles. The largest absolute Gasteiger partial charge is 0.365 e. The molecule has 1 atom stereocenters. The van der Waals surface area contributed by atoms with Crippen LogP contribution in [0.4, 0.5) is 0 Å². The third-order valence-electron chi connectivity index (χ3n) is 6.19. The number of hydrogen-bond donors (Lipinski definition) is 1. The second-order valence-corrected chi connectivity index (χ2v) is 8.37. The molecule has 10 heteroatoms. The molecular weight excluding hydrogens is 446 g/mol. The van der Waals surface area contributed by atoms with E-state index in [2.05, 4.69) is 16.5 Å². The summed E-state index contributed by atoms with van der Waals surface area (Å²) in [5.74, 6) is -0.0953. The topological polar surface area (TPSA) is 129 Å². The van der Waals surface area contributed by atoms with Crippen molar-refractivity contribution in [2.45, 2.75) is 18.9 Å². The van der Waals surface area contributed by atoms with E-state index in [0.29, 0.717) is 35.5 Å². The lowest BCUT2D eigenvalue weighted by molar-refractivity contribution is -0.127. The maximum atomic E-state index is 12.3. The number of nitrogens with two attached hydrogens (primary N) is 1. The minimum absolute atomic E-state index is 0.0799. The van der Waals surface area contributed by atoms with Crippen LogP contribution >= 0.6 is 0 Å². The molecule has 4 aromatic rings. The maximum absolute atomic E-state index is 12.3. The molecule has 2 N–H and O–H groups in total. The van der Waals surface area contributed by atoms with Crippen molar-refractivity contribution in [1.29, 1.82) is 0 Å². The number of carbonyl (C=O) groups is 2. The highest BCUT2D eigenvalue weighted by molar-refractivity contribution is 6.07. The van der Waals surface area contributed by atoms with Crippen LogP contribution in [-0.2, 0) is 4.79 Å². The van der Waals surface area contributed by atoms with Crippen molar-refractivity contribution < 1.29 is 9.59 Å². The molecule has 1 aliphatic heterocycles. The van der Waals surface area contributed by atoms with Crippen LogP contribution in [0.1, 0.15) is 29.2 Å². The summed E-state index contributed by atoms with van der Waals surface area (Å²) in [5.41, 5.74) is 7.81. The maximum Gasteiger partial charge on any atom is 0.252 e. The Labute approximate surface area is 200 Å². The van der Waals surface area contributed by atoms with Crippen LogP contribution in [0.15, 0.2) is 72.7 Å². The van der Waals surface area contributed by atoms with Gasteiger partial charge in [-0.05, 0) is 31.1 Å². The Hall–Kier alpha value is -4.60. The standard InChI is InChI=1S/C25H23N7O3/c1-2-22(34)31-9-3-4-17(15-31)32-24-19(13-27-14-20(24)25(26)35)23(29-32)16-5-6-21(28-12-16)30-10-7-18(33)8-11-30/h2,5-8,10-14,17H,1,3-4,9,15H2,(H2,26,35)/t17-/m1/s1. The van der Waals surface area contributed by atoms with Gasteiger partial charge in [-0.3, -0.25) is 24.0 Å². The van der Waals surface area contributed by atoms with Gasteiger partial charge in [-0.2, -0.15) is 5.10 Å². The summed E-state index contributed by atoms with van der Waals surface area (Å²) < 4.78 is 3.53. The normalized spacial score (nSPS) is 15.8. The Morgan fingerprint density at radius 3 is 2.60 bits per heavy atom. The zero-order valence-corrected chi connectivity index (χ0v) is 18.9. The monoisotopic (exact) mass is 469 g/mol. The van der Waals surface area contributed by atoms with E-state index in [0.717, 1.165) is 18.4 Å². The number of carbonyl (C=O) groups excluding carboxylic acids is 2. The molecule has 176 valence electrons. The van der Waals surface area contributed by atoms with Gasteiger partial charge >= 0.3 is 0 Å². The zero-order chi connectivity index (χ0) is 24.5. The van der Waals surface area contributed by atoms with Crippen LogP contribution < -0.4 is 11.2 Å². The Morgan fingerprint density at radius 1 is 1.11 bits per heavy atom. The first-order chi connectivity index (χ1) is 17.0. The predicted molar refractivity (Wildman–Crippen MR) is 130 cm³/mol. The van der Waals surface area contributed by atoms with Crippen LogP contribution in [0.25, 0.3) is 28.0 Å². The van der Waals surface area contributed by atoms with E-state index < -0.39 is 5.91 Å². The van der Waals surface area contributed by atoms with E-state index in [1.165, 1.54) is 24.4 Å². The van der Waals surface area contributed by atoms with Gasteiger partial charge in [-0.15, -0.1) is 0 Å². The van der Waals surface area contributed by atoms with Crippen LogP contribution in [-0.4, -0.2) is 54.1 Å². The number of rotatable bonds is 5. The number of likely N-dealkylation sites (tertiary alicyclic amines) is 1. The number of hydrogen-bond acceptors (Lipinski definition) is 6. The van der Waals surface area contributed by atoms with Crippen LogP contribution in [0.5, 0.6) is 0 Å². The molecule has 1 aliphatic rings. The summed E-state index contributed by atoms with van der Waals surface area (Å²) in [4.78, 5) is 46.4. The average Bonchev–Trinajstić information content (AvgIpc) is 3.28. The third kappa shape index (κ3) is 4.10. The van der Waals surface area contributed by atoms with Gasteiger partial charge in [-0.1, -0.05) is 6.58 Å². The van der Waals surface area contributed by atoms with Gasteiger partial charge in [0, 0.05) is 67.2 Å². The number of primary amides is 1. The summed E-state index contributed by atoms with van der Waals surface area (Å²) in [6, 6.07) is 6.48. The van der Waals surface area contributed by atoms with Crippen molar-refractivity contribution >= 4 is 22.7 Å². The first-order valence-corrected chi connectivity index (χ1v) is 11.2. The summed E-state index contributed by atoms with van der Waals surface area (Å²) in [7, 11) is 0. The van der Waals surface area contributed by atoms with Gasteiger partial charge in [0.15, 0.2) is 5.43 Å². The molecule has 0 aliphatic carbocycles. The Morgan fingerprint density at radius 2 is 1.91 bits per heavy atom. The molecule has 10 nitrogen and oxygen atoms in total. The molecule has 1 saturated heterocycles. The van der Waals surface area contributed by atoms with Gasteiger partial charge in [-0.25, -0.2) is 4.98 Å². The highest BCUT2D eigenvalue weighted by Crippen LogP contribution is 2.33. The molecule has 5 heterocycles. The van der Waals surface area contributed by atoms with Gasteiger partial charge in [0.2, 0.25) is 5.91 Å². The van der Waals surface area contributed by atoms with Gasteiger partial charge in [0.1, 0.15) is 11.5 Å². The smallest absolute Gasteiger partial charge is 0.252 e. The second kappa shape index (κ2) is 8.98. The highest BCUT2D eigenvalue weighted by Gasteiger charge is 2.28. The van der Waals surface area contributed by atoms with Crippen molar-refractivity contribution in [3.8, 4) is 17.1 Å². The first-order valence-electron chi connectivity index (χ1n) is 11.2. The number of amides is 2. The van der Waals surface area contributed by atoms with Crippen molar-refractivity contribution in [2.75, 3.05) is 13.1 Å². The van der Waals surface area contributed by atoms with Crippen LogP contribution in [0, 0.1) is 0 Å². The Kier molecular flexibility index (Phi) is 5.69. The summed E-state index contributed by atoms with van der Waals surface area (Å²) in [6.07, 6.45) is 11.0. The van der Waals surface area contributed by atoms with E-state index in [4.69, 9.17) is 10.8 Å². The van der Waals surface area contributed by atoms with Gasteiger partial charge < -0.3 is 15.2 Å².